The van der Waals surface area contributed by atoms with E-state index >= 15 is 0 Å². The van der Waals surface area contributed by atoms with E-state index in [9.17, 15) is 0 Å². The Balaban J connectivity index is 2.39. The summed E-state index contributed by atoms with van der Waals surface area (Å²) in [6.45, 7) is 3.17. The third-order valence-corrected chi connectivity index (χ3v) is 3.89. The predicted molar refractivity (Wildman–Crippen MR) is 68.3 cm³/mol. The minimum absolute atomic E-state index is 0.271. The van der Waals surface area contributed by atoms with Crippen LogP contribution in [0.2, 0.25) is 0 Å². The molecule has 3 heteroatoms. The highest BCUT2D eigenvalue weighted by Crippen LogP contribution is 2.26. The van der Waals surface area contributed by atoms with Crippen LogP contribution in [0, 0.1) is 5.92 Å². The lowest BCUT2D eigenvalue weighted by molar-refractivity contribution is 0.221. The number of rotatable bonds is 7. The molecule has 16 heavy (non-hydrogen) atoms. The second-order valence-corrected chi connectivity index (χ2v) is 5.02. The fourth-order valence-corrected chi connectivity index (χ4v) is 2.80. The van der Waals surface area contributed by atoms with E-state index in [2.05, 4.69) is 12.2 Å². The zero-order valence-corrected chi connectivity index (χ0v) is 10.6. The van der Waals surface area contributed by atoms with Crippen LogP contribution in [0.3, 0.4) is 0 Å². The van der Waals surface area contributed by atoms with Gasteiger partial charge in [-0.3, -0.25) is 0 Å². The van der Waals surface area contributed by atoms with Gasteiger partial charge in [-0.05, 0) is 31.6 Å². The number of aliphatic hydroxyl groups excluding tert-OH is 1. The molecule has 1 saturated carbocycles. The second-order valence-electron chi connectivity index (χ2n) is 5.02. The topological polar surface area (TPSA) is 58.3 Å². The van der Waals surface area contributed by atoms with Gasteiger partial charge in [0.15, 0.2) is 0 Å². The van der Waals surface area contributed by atoms with E-state index in [1.54, 1.807) is 0 Å². The average molecular weight is 228 g/mol. The largest absolute Gasteiger partial charge is 0.396 e. The predicted octanol–water partition coefficient (Wildman–Crippen LogP) is 1.64. The summed E-state index contributed by atoms with van der Waals surface area (Å²) in [4.78, 5) is 0. The number of nitrogens with one attached hydrogen (secondary N) is 1. The van der Waals surface area contributed by atoms with Crippen molar-refractivity contribution in [1.82, 2.24) is 5.32 Å². The zero-order valence-electron chi connectivity index (χ0n) is 10.6. The maximum atomic E-state index is 8.99. The average Bonchev–Trinajstić information content (AvgIpc) is 2.35. The molecule has 0 bridgehead atoms. The standard InChI is InChI=1S/C13H28N2O/c1-2-12(8-9-16)15-13(10-14)11-6-4-3-5-7-11/h11-13,15-16H,2-10,14H2,1H3. The Kier molecular flexibility index (Phi) is 7.01. The molecule has 0 saturated heterocycles. The lowest BCUT2D eigenvalue weighted by atomic mass is 9.83. The monoisotopic (exact) mass is 228 g/mol. The van der Waals surface area contributed by atoms with Crippen molar-refractivity contribution in [3.63, 3.8) is 0 Å². The smallest absolute Gasteiger partial charge is 0.0445 e. The highest BCUT2D eigenvalue weighted by atomic mass is 16.3. The Bertz CT molecular complexity index is 169. The molecule has 2 atom stereocenters. The maximum Gasteiger partial charge on any atom is 0.0445 e. The molecule has 0 aromatic carbocycles. The van der Waals surface area contributed by atoms with Gasteiger partial charge >= 0.3 is 0 Å². The van der Waals surface area contributed by atoms with Crippen LogP contribution >= 0.6 is 0 Å². The Morgan fingerprint density at radius 2 is 2.00 bits per heavy atom. The van der Waals surface area contributed by atoms with Crippen LogP contribution in [0.25, 0.3) is 0 Å². The molecule has 3 nitrogen and oxygen atoms in total. The molecule has 0 aliphatic heterocycles. The molecule has 96 valence electrons. The van der Waals surface area contributed by atoms with Crippen LogP contribution in [0.5, 0.6) is 0 Å². The van der Waals surface area contributed by atoms with Crippen LogP contribution in [0.15, 0.2) is 0 Å². The molecule has 0 amide bonds. The van der Waals surface area contributed by atoms with E-state index in [4.69, 9.17) is 10.8 Å². The minimum atomic E-state index is 0.271. The maximum absolute atomic E-state index is 8.99. The summed E-state index contributed by atoms with van der Waals surface area (Å²) in [6, 6.07) is 0.886. The van der Waals surface area contributed by atoms with Crippen LogP contribution in [0.1, 0.15) is 51.9 Å². The first kappa shape index (κ1) is 13.9. The van der Waals surface area contributed by atoms with Gasteiger partial charge in [0.05, 0.1) is 0 Å². The highest BCUT2D eigenvalue weighted by molar-refractivity contribution is 4.82. The first-order valence-electron chi connectivity index (χ1n) is 6.88. The number of aliphatic hydroxyl groups is 1. The fourth-order valence-electron chi connectivity index (χ4n) is 2.80. The summed E-state index contributed by atoms with van der Waals surface area (Å²) in [5, 5.41) is 12.6. The van der Waals surface area contributed by atoms with E-state index in [0.717, 1.165) is 25.3 Å². The summed E-state index contributed by atoms with van der Waals surface area (Å²) in [5.74, 6) is 0.756. The van der Waals surface area contributed by atoms with E-state index in [0.29, 0.717) is 12.1 Å². The number of hydrogen-bond acceptors (Lipinski definition) is 3. The van der Waals surface area contributed by atoms with Crippen LogP contribution in [-0.4, -0.2) is 30.3 Å². The normalized spacial score (nSPS) is 21.9. The molecule has 0 aromatic heterocycles. The Labute approximate surface area is 99.8 Å². The van der Waals surface area contributed by atoms with Crippen molar-refractivity contribution in [2.45, 2.75) is 64.0 Å². The lowest BCUT2D eigenvalue weighted by Crippen LogP contribution is -2.47. The summed E-state index contributed by atoms with van der Waals surface area (Å²) in [7, 11) is 0. The molecule has 0 aromatic rings. The summed E-state index contributed by atoms with van der Waals surface area (Å²) in [5.41, 5.74) is 5.88. The van der Waals surface area contributed by atoms with Crippen molar-refractivity contribution >= 4 is 0 Å². The Morgan fingerprint density at radius 3 is 2.50 bits per heavy atom. The molecular weight excluding hydrogens is 200 g/mol. The molecule has 1 rings (SSSR count). The van der Waals surface area contributed by atoms with Gasteiger partial charge in [0, 0.05) is 25.2 Å². The lowest BCUT2D eigenvalue weighted by Gasteiger charge is -2.33. The number of nitrogens with two attached hydrogens (primary N) is 1. The van der Waals surface area contributed by atoms with Gasteiger partial charge in [-0.2, -0.15) is 0 Å². The number of hydrogen-bond donors (Lipinski definition) is 3. The van der Waals surface area contributed by atoms with Gasteiger partial charge < -0.3 is 16.2 Å². The van der Waals surface area contributed by atoms with Crippen LogP contribution in [-0.2, 0) is 0 Å². The molecule has 2 unspecified atom stereocenters. The summed E-state index contributed by atoms with van der Waals surface area (Å²) >= 11 is 0. The van der Waals surface area contributed by atoms with Crippen molar-refractivity contribution in [2.24, 2.45) is 11.7 Å². The summed E-state index contributed by atoms with van der Waals surface area (Å²) in [6.07, 6.45) is 8.68. The first-order chi connectivity index (χ1) is 7.81. The van der Waals surface area contributed by atoms with E-state index in [1.165, 1.54) is 32.1 Å². The molecule has 1 aliphatic rings. The van der Waals surface area contributed by atoms with Crippen LogP contribution in [0.4, 0.5) is 0 Å². The van der Waals surface area contributed by atoms with Crippen molar-refractivity contribution in [3.05, 3.63) is 0 Å². The van der Waals surface area contributed by atoms with Gasteiger partial charge in [-0.1, -0.05) is 26.2 Å². The Hall–Kier alpha value is -0.120. The van der Waals surface area contributed by atoms with Crippen LogP contribution < -0.4 is 11.1 Å². The molecule has 4 N–H and O–H groups in total. The third-order valence-electron chi connectivity index (χ3n) is 3.89. The fraction of sp³-hybridized carbons (Fsp3) is 1.00. The van der Waals surface area contributed by atoms with E-state index < -0.39 is 0 Å². The van der Waals surface area contributed by atoms with Gasteiger partial charge in [0.25, 0.3) is 0 Å². The molecule has 1 aliphatic carbocycles. The quantitative estimate of drug-likeness (QED) is 0.621. The SMILES string of the molecule is CCC(CCO)NC(CN)C1CCCCC1. The Morgan fingerprint density at radius 1 is 1.31 bits per heavy atom. The molecule has 0 spiro atoms. The molecule has 0 heterocycles. The molecular formula is C13H28N2O. The van der Waals surface area contributed by atoms with Gasteiger partial charge in [-0.25, -0.2) is 0 Å². The summed E-state index contributed by atoms with van der Waals surface area (Å²) < 4.78 is 0. The minimum Gasteiger partial charge on any atom is -0.396 e. The van der Waals surface area contributed by atoms with Crippen molar-refractivity contribution in [1.29, 1.82) is 0 Å². The van der Waals surface area contributed by atoms with Gasteiger partial charge in [-0.15, -0.1) is 0 Å². The van der Waals surface area contributed by atoms with E-state index in [-0.39, 0.29) is 6.61 Å². The zero-order chi connectivity index (χ0) is 11.8. The molecule has 1 fully saturated rings. The highest BCUT2D eigenvalue weighted by Gasteiger charge is 2.23. The molecule has 0 radical (unpaired) electrons. The van der Waals surface area contributed by atoms with Crippen molar-refractivity contribution in [2.75, 3.05) is 13.2 Å². The van der Waals surface area contributed by atoms with Crippen molar-refractivity contribution in [3.8, 4) is 0 Å². The van der Waals surface area contributed by atoms with E-state index in [1.807, 2.05) is 0 Å². The van der Waals surface area contributed by atoms with Crippen molar-refractivity contribution < 1.29 is 5.11 Å². The first-order valence-corrected chi connectivity index (χ1v) is 6.88. The second kappa shape index (κ2) is 8.04. The van der Waals surface area contributed by atoms with Gasteiger partial charge in [0.1, 0.15) is 0 Å². The third kappa shape index (κ3) is 4.40. The van der Waals surface area contributed by atoms with Gasteiger partial charge in [0.2, 0.25) is 0 Å².